The number of aromatic nitrogens is 18. The second-order valence-electron chi connectivity index (χ2n) is 28.5. The van der Waals surface area contributed by atoms with Crippen LogP contribution in [0.3, 0.4) is 0 Å². The van der Waals surface area contributed by atoms with Gasteiger partial charge in [-0.05, 0) is 114 Å². The third-order valence-corrected chi connectivity index (χ3v) is 18.6. The molecule has 544 valence electrons. The van der Waals surface area contributed by atoms with Gasteiger partial charge >= 0.3 is 17.1 Å². The van der Waals surface area contributed by atoms with Crippen molar-refractivity contribution in [2.75, 3.05) is 16.0 Å². The van der Waals surface area contributed by atoms with Crippen LogP contribution in [-0.2, 0) is 67.5 Å². The summed E-state index contributed by atoms with van der Waals surface area (Å²) in [5.41, 5.74) is 7.33. The van der Waals surface area contributed by atoms with Crippen molar-refractivity contribution in [2.24, 2.45) is 45.4 Å². The maximum atomic E-state index is 13.4. The number of hydrogen-bond donors (Lipinski definition) is 3. The Balaban J connectivity index is 0.000000135. The average Bonchev–Trinajstić information content (AvgIpc) is 1.63. The van der Waals surface area contributed by atoms with E-state index >= 15 is 0 Å². The van der Waals surface area contributed by atoms with Gasteiger partial charge < -0.3 is 25.1 Å². The first-order valence-corrected chi connectivity index (χ1v) is 35.4. The van der Waals surface area contributed by atoms with Gasteiger partial charge in [-0.3, -0.25) is 41.8 Å². The van der Waals surface area contributed by atoms with E-state index in [0.29, 0.717) is 95.7 Å². The average molecular weight is 1430 g/mol. The normalized spacial score (nSPS) is 12.2. The minimum Gasteiger partial charge on any atom is -0.340 e. The van der Waals surface area contributed by atoms with E-state index in [0.717, 1.165) is 78.5 Å². The molecule has 6 aromatic carbocycles. The smallest absolute Gasteiger partial charge is 0.332 e. The lowest BCUT2D eigenvalue weighted by Gasteiger charge is -2.20. The van der Waals surface area contributed by atoms with Crippen molar-refractivity contribution in [2.45, 2.75) is 86.7 Å². The van der Waals surface area contributed by atoms with Crippen molar-refractivity contribution in [1.82, 2.24) is 85.6 Å². The Morgan fingerprint density at radius 1 is 0.467 bits per heavy atom. The molecular weight excluding hydrogens is 1350 g/mol. The lowest BCUT2D eigenvalue weighted by molar-refractivity contribution is 0.337. The molecule has 1 saturated carbocycles. The molecule has 27 heteroatoms. The number of nitrogens with one attached hydrogen (secondary N) is 3. The van der Waals surface area contributed by atoms with Crippen molar-refractivity contribution in [1.29, 1.82) is 0 Å². The van der Waals surface area contributed by atoms with Gasteiger partial charge in [0, 0.05) is 113 Å². The quantitative estimate of drug-likeness (QED) is 0.0640. The third-order valence-electron chi connectivity index (χ3n) is 18.6. The van der Waals surface area contributed by atoms with E-state index in [2.05, 4.69) is 51.8 Å². The summed E-state index contributed by atoms with van der Waals surface area (Å²) in [4.78, 5) is 87.6. The van der Waals surface area contributed by atoms with Gasteiger partial charge in [0.2, 0.25) is 0 Å². The molecule has 16 rings (SSSR count). The molecule has 0 saturated heterocycles. The molecule has 9 heterocycles. The summed E-state index contributed by atoms with van der Waals surface area (Å²) < 4.78 is 19.4. The SMILES string of the molecule is CC(C)Cn1c(=O)n(C)c(=O)c2c(Nc3ccccc3)n(Cc3ccc(-n4ccnc4)cc3)nc21.Cn1c(=O)c2c(Nc3ccccc3)n(Cc3ccc(-n4cccn4)cc3)nc2n(CC2CC2)c1=O.Cn1ccnc1-c1ccc(Cn2nc3c(c2Nc2ccccc2)c(=O)n(C)c(=O)n3CC(C)(C)C)cc1. The van der Waals surface area contributed by atoms with Crippen LogP contribution in [0.4, 0.5) is 34.5 Å². The molecule has 1 fully saturated rings. The second kappa shape index (κ2) is 29.9. The number of fused-ring (bicyclic) bond motifs is 3. The first-order chi connectivity index (χ1) is 51.6. The molecule has 0 unspecified atom stereocenters. The fourth-order valence-corrected chi connectivity index (χ4v) is 12.9. The predicted molar refractivity (Wildman–Crippen MR) is 417 cm³/mol. The van der Waals surface area contributed by atoms with Gasteiger partial charge in [0.15, 0.2) is 16.9 Å². The predicted octanol–water partition coefficient (Wildman–Crippen LogP) is 10.9. The fraction of sp³-hybridized carbons (Fsp3) is 0.250. The largest absolute Gasteiger partial charge is 0.340 e. The van der Waals surface area contributed by atoms with Crippen molar-refractivity contribution in [3.05, 3.63) is 293 Å². The number of hydrogen-bond acceptors (Lipinski definition) is 15. The maximum Gasteiger partial charge on any atom is 0.332 e. The summed E-state index contributed by atoms with van der Waals surface area (Å²) in [5, 5.41) is 30.1. The summed E-state index contributed by atoms with van der Waals surface area (Å²) in [6, 6.07) is 55.1. The molecule has 3 N–H and O–H groups in total. The van der Waals surface area contributed by atoms with E-state index in [9.17, 15) is 28.8 Å². The number of benzene rings is 6. The van der Waals surface area contributed by atoms with Gasteiger partial charge in [0.05, 0.1) is 31.6 Å². The Kier molecular flexibility index (Phi) is 19.8. The molecule has 1 aliphatic carbocycles. The van der Waals surface area contributed by atoms with Crippen LogP contribution < -0.4 is 49.7 Å². The molecule has 0 radical (unpaired) electrons. The molecule has 0 spiro atoms. The van der Waals surface area contributed by atoms with E-state index in [4.69, 9.17) is 15.3 Å². The third kappa shape index (κ3) is 15.1. The van der Waals surface area contributed by atoms with Crippen molar-refractivity contribution >= 4 is 67.6 Å². The summed E-state index contributed by atoms with van der Waals surface area (Å²) in [5.74, 6) is 3.24. The maximum absolute atomic E-state index is 13.4. The molecule has 0 amide bonds. The minimum absolute atomic E-state index is 0.189. The van der Waals surface area contributed by atoms with Gasteiger partial charge in [-0.25, -0.2) is 43.1 Å². The Labute approximate surface area is 613 Å². The lowest BCUT2D eigenvalue weighted by atomic mass is 9.97. The van der Waals surface area contributed by atoms with Crippen LogP contribution in [-0.4, -0.2) is 85.6 Å². The molecule has 27 nitrogen and oxygen atoms in total. The molecule has 107 heavy (non-hydrogen) atoms. The van der Waals surface area contributed by atoms with E-state index < -0.39 is 0 Å². The highest BCUT2D eigenvalue weighted by Crippen LogP contribution is 2.33. The number of aryl methyl sites for hydroxylation is 1. The van der Waals surface area contributed by atoms with Crippen LogP contribution in [0, 0.1) is 17.3 Å². The highest BCUT2D eigenvalue weighted by atomic mass is 16.2. The zero-order valence-corrected chi connectivity index (χ0v) is 61.0. The van der Waals surface area contributed by atoms with Gasteiger partial charge in [0.1, 0.15) is 39.4 Å². The number of imidazole rings is 2. The van der Waals surface area contributed by atoms with Crippen LogP contribution in [0.2, 0.25) is 0 Å². The fourth-order valence-electron chi connectivity index (χ4n) is 12.9. The van der Waals surface area contributed by atoms with Gasteiger partial charge in [-0.1, -0.05) is 138 Å². The van der Waals surface area contributed by atoms with Gasteiger partial charge in [-0.2, -0.15) is 20.4 Å². The molecule has 1 aliphatic rings. The monoisotopic (exact) mass is 1430 g/mol. The van der Waals surface area contributed by atoms with Crippen molar-refractivity contribution in [3.8, 4) is 22.8 Å². The van der Waals surface area contributed by atoms with Crippen molar-refractivity contribution in [3.63, 3.8) is 0 Å². The van der Waals surface area contributed by atoms with E-state index in [1.807, 2.05) is 218 Å². The van der Waals surface area contributed by atoms with Gasteiger partial charge in [-0.15, -0.1) is 0 Å². The Bertz CT molecular complexity index is 5810. The second-order valence-corrected chi connectivity index (χ2v) is 28.5. The first-order valence-electron chi connectivity index (χ1n) is 35.4. The molecule has 0 bridgehead atoms. The standard InChI is InChI=1S/C28H31N7O2.C26H25N7O2.C26H27N7O2/c1-28(2,3)18-34-25-22(26(36)33(5)27(34)37)24(30-21-9-7-6-8-10-21)35(31-25)17-19-11-13-20(14-12-19)23-29-15-16-32(23)4;1-30-25(34)22-23(28-20-6-3-2-4-7-20)33(29-24(22)31(26(30)35)16-18-8-9-18)17-19-10-12-21(13-11-19)32-15-5-14-27-32;1-18(2)15-32-24-22(25(34)30(3)26(32)35)23(28-20-7-5-4-6-8-20)33(29-24)16-19-9-11-21(12-10-19)31-14-13-27-17-31/h6-16,30H,17-18H2,1-5H3;2-7,10-15,18,28H,8-9,16-17H2,1H3;4-14,17-18,28H,15-16H2,1-3H3. The lowest BCUT2D eigenvalue weighted by Crippen LogP contribution is -2.40. The molecule has 15 aromatic rings. The van der Waals surface area contributed by atoms with E-state index in [1.165, 1.54) is 25.7 Å². The first kappa shape index (κ1) is 70.8. The van der Waals surface area contributed by atoms with Crippen LogP contribution in [0.25, 0.3) is 55.9 Å². The number of anilines is 6. The summed E-state index contributed by atoms with van der Waals surface area (Å²) in [6.45, 7) is 13.0. The Morgan fingerprint density at radius 2 is 0.897 bits per heavy atom. The zero-order valence-electron chi connectivity index (χ0n) is 61.0. The van der Waals surface area contributed by atoms with E-state index in [-0.39, 0.29) is 45.1 Å². The number of para-hydroxylation sites is 3. The van der Waals surface area contributed by atoms with Crippen molar-refractivity contribution < 1.29 is 0 Å². The summed E-state index contributed by atoms with van der Waals surface area (Å²) in [7, 11) is 6.53. The van der Waals surface area contributed by atoms with Crippen LogP contribution in [0.15, 0.2) is 242 Å². The molecule has 9 aromatic heterocycles. The highest BCUT2D eigenvalue weighted by Gasteiger charge is 2.29. The summed E-state index contributed by atoms with van der Waals surface area (Å²) >= 11 is 0. The number of nitrogens with zero attached hydrogens (tertiary/aromatic N) is 18. The molecule has 0 atom stereocenters. The van der Waals surface area contributed by atoms with Gasteiger partial charge in [0.25, 0.3) is 16.7 Å². The van der Waals surface area contributed by atoms with E-state index in [1.54, 1.807) is 57.3 Å². The van der Waals surface area contributed by atoms with Crippen LogP contribution in [0.1, 0.15) is 64.2 Å². The minimum atomic E-state index is -0.375. The molecule has 0 aliphatic heterocycles. The molecular formula is C80H83N21O6. The van der Waals surface area contributed by atoms with Crippen LogP contribution in [0.5, 0.6) is 0 Å². The Hall–Kier alpha value is -13.2. The highest BCUT2D eigenvalue weighted by molar-refractivity contribution is 5.91. The zero-order chi connectivity index (χ0) is 74.8. The number of rotatable bonds is 20. The van der Waals surface area contributed by atoms with Crippen LogP contribution >= 0.6 is 0 Å². The summed E-state index contributed by atoms with van der Waals surface area (Å²) in [6.07, 6.45) is 14.9. The topological polar surface area (TPSA) is 275 Å². The Morgan fingerprint density at radius 3 is 1.30 bits per heavy atom.